The first-order chi connectivity index (χ1) is 7.66. The first kappa shape index (κ1) is 10.7. The third-order valence-electron chi connectivity index (χ3n) is 2.04. The van der Waals surface area contributed by atoms with Crippen LogP contribution in [0.3, 0.4) is 0 Å². The van der Waals surface area contributed by atoms with Gasteiger partial charge in [0.2, 0.25) is 0 Å². The molecule has 0 aliphatic rings. The van der Waals surface area contributed by atoms with Crippen molar-refractivity contribution in [3.8, 4) is 0 Å². The largest absolute Gasteiger partial charge is 0.382 e. The molecule has 1 heterocycles. The summed E-state index contributed by atoms with van der Waals surface area (Å²) in [4.78, 5) is 3.92. The number of hydrogen-bond acceptors (Lipinski definition) is 3. The van der Waals surface area contributed by atoms with E-state index in [9.17, 15) is 4.39 Å². The summed E-state index contributed by atoms with van der Waals surface area (Å²) in [6.07, 6.45) is 1.60. The predicted octanol–water partition coefficient (Wildman–Crippen LogP) is 3.20. The minimum absolute atomic E-state index is 0.0625. The monoisotopic (exact) mass is 237 g/mol. The second kappa shape index (κ2) is 4.37. The number of pyridine rings is 1. The van der Waals surface area contributed by atoms with Gasteiger partial charge in [0.25, 0.3) is 0 Å². The Morgan fingerprint density at radius 2 is 2.12 bits per heavy atom. The average molecular weight is 238 g/mol. The molecule has 0 amide bonds. The molecule has 0 aliphatic heterocycles. The molecule has 3 N–H and O–H groups in total. The Morgan fingerprint density at radius 1 is 1.31 bits per heavy atom. The minimum Gasteiger partial charge on any atom is -0.382 e. The van der Waals surface area contributed by atoms with Gasteiger partial charge in [0.15, 0.2) is 0 Å². The third-order valence-corrected chi connectivity index (χ3v) is 2.33. The van der Waals surface area contributed by atoms with Crippen LogP contribution in [0.1, 0.15) is 0 Å². The number of rotatable bonds is 2. The van der Waals surface area contributed by atoms with Gasteiger partial charge in [-0.2, -0.15) is 0 Å². The summed E-state index contributed by atoms with van der Waals surface area (Å²) in [7, 11) is 0. The lowest BCUT2D eigenvalue weighted by Gasteiger charge is -2.08. The lowest BCUT2D eigenvalue weighted by Crippen LogP contribution is -1.98. The Morgan fingerprint density at radius 3 is 2.81 bits per heavy atom. The molecule has 0 saturated carbocycles. The van der Waals surface area contributed by atoms with Gasteiger partial charge in [-0.3, -0.25) is 0 Å². The molecule has 0 aliphatic carbocycles. The average Bonchev–Trinajstić information content (AvgIpc) is 2.27. The van der Waals surface area contributed by atoms with E-state index in [2.05, 4.69) is 10.3 Å². The molecule has 2 rings (SSSR count). The molecule has 0 bridgehead atoms. The molecule has 0 unspecified atom stereocenters. The molecular weight excluding hydrogens is 229 g/mol. The Hall–Kier alpha value is -1.81. The topological polar surface area (TPSA) is 50.9 Å². The van der Waals surface area contributed by atoms with E-state index in [1.54, 1.807) is 24.4 Å². The summed E-state index contributed by atoms with van der Waals surface area (Å²) in [6, 6.07) is 7.89. The molecule has 16 heavy (non-hydrogen) atoms. The molecular formula is C11H9ClFN3. The van der Waals surface area contributed by atoms with Crippen LogP contribution in [0.2, 0.25) is 5.02 Å². The zero-order valence-corrected chi connectivity index (χ0v) is 9.00. The SMILES string of the molecule is Nc1ncccc1Nc1ccc(F)c(Cl)c1. The van der Waals surface area contributed by atoms with Crippen LogP contribution in [0.25, 0.3) is 0 Å². The number of nitrogens with zero attached hydrogens (tertiary/aromatic N) is 1. The van der Waals surface area contributed by atoms with Crippen molar-refractivity contribution in [2.45, 2.75) is 0 Å². The van der Waals surface area contributed by atoms with Crippen molar-refractivity contribution in [2.24, 2.45) is 0 Å². The predicted molar refractivity (Wildman–Crippen MR) is 63.3 cm³/mol. The van der Waals surface area contributed by atoms with Gasteiger partial charge in [-0.1, -0.05) is 11.6 Å². The van der Waals surface area contributed by atoms with Gasteiger partial charge in [0.05, 0.1) is 10.7 Å². The van der Waals surface area contributed by atoms with Crippen molar-refractivity contribution < 1.29 is 4.39 Å². The molecule has 0 spiro atoms. The fourth-order valence-electron chi connectivity index (χ4n) is 1.25. The highest BCUT2D eigenvalue weighted by Gasteiger charge is 2.03. The normalized spacial score (nSPS) is 10.1. The van der Waals surface area contributed by atoms with Crippen LogP contribution < -0.4 is 11.1 Å². The minimum atomic E-state index is -0.452. The highest BCUT2D eigenvalue weighted by molar-refractivity contribution is 6.31. The number of nitrogens with two attached hydrogens (primary N) is 1. The Balaban J connectivity index is 2.28. The number of anilines is 3. The summed E-state index contributed by atoms with van der Waals surface area (Å²) in [5.41, 5.74) is 6.97. The van der Waals surface area contributed by atoms with E-state index in [-0.39, 0.29) is 5.02 Å². The van der Waals surface area contributed by atoms with Crippen molar-refractivity contribution in [3.05, 3.63) is 47.4 Å². The number of benzene rings is 1. The molecule has 3 nitrogen and oxygen atoms in total. The fraction of sp³-hybridized carbons (Fsp3) is 0. The molecule has 1 aromatic heterocycles. The van der Waals surface area contributed by atoms with Crippen molar-refractivity contribution >= 4 is 28.8 Å². The van der Waals surface area contributed by atoms with Crippen LogP contribution in [0.15, 0.2) is 36.5 Å². The number of aromatic nitrogens is 1. The maximum absolute atomic E-state index is 12.9. The number of nitrogens with one attached hydrogen (secondary N) is 1. The number of hydrogen-bond donors (Lipinski definition) is 2. The van der Waals surface area contributed by atoms with Gasteiger partial charge in [-0.15, -0.1) is 0 Å². The lowest BCUT2D eigenvalue weighted by molar-refractivity contribution is 0.628. The zero-order valence-electron chi connectivity index (χ0n) is 8.24. The smallest absolute Gasteiger partial charge is 0.147 e. The molecule has 5 heteroatoms. The van der Waals surface area contributed by atoms with Gasteiger partial charge in [-0.05, 0) is 30.3 Å². The number of halogens is 2. The summed E-state index contributed by atoms with van der Waals surface area (Å²) in [5, 5.41) is 3.06. The lowest BCUT2D eigenvalue weighted by atomic mass is 10.3. The maximum Gasteiger partial charge on any atom is 0.147 e. The molecule has 1 aromatic carbocycles. The Bertz CT molecular complexity index is 516. The van der Waals surface area contributed by atoms with Gasteiger partial charge in [0, 0.05) is 11.9 Å². The summed E-state index contributed by atoms with van der Waals surface area (Å²) >= 11 is 5.66. The first-order valence-corrected chi connectivity index (χ1v) is 4.97. The van der Waals surface area contributed by atoms with Gasteiger partial charge >= 0.3 is 0 Å². The van der Waals surface area contributed by atoms with E-state index >= 15 is 0 Å². The maximum atomic E-state index is 12.9. The van der Waals surface area contributed by atoms with Gasteiger partial charge < -0.3 is 11.1 Å². The molecule has 2 aromatic rings. The first-order valence-electron chi connectivity index (χ1n) is 4.59. The van der Waals surface area contributed by atoms with Crippen LogP contribution in [-0.2, 0) is 0 Å². The fourth-order valence-corrected chi connectivity index (χ4v) is 1.43. The molecule has 82 valence electrons. The highest BCUT2D eigenvalue weighted by Crippen LogP contribution is 2.24. The highest BCUT2D eigenvalue weighted by atomic mass is 35.5. The van der Waals surface area contributed by atoms with Crippen LogP contribution in [0.4, 0.5) is 21.6 Å². The Kier molecular flexibility index (Phi) is 2.92. The second-order valence-corrected chi connectivity index (χ2v) is 3.60. The van der Waals surface area contributed by atoms with E-state index in [0.717, 1.165) is 0 Å². The van der Waals surface area contributed by atoms with Crippen molar-refractivity contribution in [3.63, 3.8) is 0 Å². The molecule has 0 fully saturated rings. The van der Waals surface area contributed by atoms with E-state index < -0.39 is 5.82 Å². The van der Waals surface area contributed by atoms with Gasteiger partial charge in [0.1, 0.15) is 11.6 Å². The summed E-state index contributed by atoms with van der Waals surface area (Å²) in [5.74, 6) is -0.0747. The van der Waals surface area contributed by atoms with Crippen LogP contribution in [0.5, 0.6) is 0 Å². The van der Waals surface area contributed by atoms with Crippen molar-refractivity contribution in [2.75, 3.05) is 11.1 Å². The standard InChI is InChI=1S/C11H9ClFN3/c12-8-6-7(3-4-9(8)13)16-10-2-1-5-15-11(10)14/h1-6,16H,(H2,14,15). The zero-order chi connectivity index (χ0) is 11.5. The van der Waals surface area contributed by atoms with Crippen molar-refractivity contribution in [1.82, 2.24) is 4.98 Å². The molecule has 0 atom stereocenters. The van der Waals surface area contributed by atoms with Gasteiger partial charge in [-0.25, -0.2) is 9.37 Å². The van der Waals surface area contributed by atoms with E-state index in [4.69, 9.17) is 17.3 Å². The van der Waals surface area contributed by atoms with E-state index in [0.29, 0.717) is 17.2 Å². The number of nitrogen functional groups attached to an aromatic ring is 1. The van der Waals surface area contributed by atoms with Crippen LogP contribution in [-0.4, -0.2) is 4.98 Å². The molecule has 0 radical (unpaired) electrons. The van der Waals surface area contributed by atoms with E-state index in [1.807, 2.05) is 0 Å². The van der Waals surface area contributed by atoms with Crippen molar-refractivity contribution in [1.29, 1.82) is 0 Å². The summed E-state index contributed by atoms with van der Waals surface area (Å²) in [6.45, 7) is 0. The van der Waals surface area contributed by atoms with Crippen LogP contribution in [0, 0.1) is 5.82 Å². The summed E-state index contributed by atoms with van der Waals surface area (Å²) < 4.78 is 12.9. The van der Waals surface area contributed by atoms with Crippen LogP contribution >= 0.6 is 11.6 Å². The quantitative estimate of drug-likeness (QED) is 0.843. The third kappa shape index (κ3) is 2.23. The Labute approximate surface area is 97.1 Å². The second-order valence-electron chi connectivity index (χ2n) is 3.19. The van der Waals surface area contributed by atoms with E-state index in [1.165, 1.54) is 12.1 Å². The molecule has 0 saturated heterocycles.